The van der Waals surface area contributed by atoms with E-state index in [0.29, 0.717) is 5.92 Å². The molecule has 0 aliphatic heterocycles. The van der Waals surface area contributed by atoms with E-state index >= 15 is 0 Å². The average molecular weight is 469 g/mol. The molecular weight excluding hydrogens is 416 g/mol. The largest absolute Gasteiger partial charge is 0.459 e. The molecule has 3 rings (SSSR count). The molecule has 0 aromatic heterocycles. The third kappa shape index (κ3) is 9.04. The normalized spacial score (nSPS) is 26.2. The van der Waals surface area contributed by atoms with E-state index in [1.54, 1.807) is 0 Å². The maximum absolute atomic E-state index is 12.7. The van der Waals surface area contributed by atoms with E-state index in [0.717, 1.165) is 36.2 Å². The fourth-order valence-electron chi connectivity index (χ4n) is 6.33. The van der Waals surface area contributed by atoms with Crippen molar-refractivity contribution in [3.05, 3.63) is 35.4 Å². The Balaban J connectivity index is 1.34. The highest BCUT2D eigenvalue weighted by Gasteiger charge is 2.25. The molecule has 2 fully saturated rings. The van der Waals surface area contributed by atoms with Crippen molar-refractivity contribution in [2.75, 3.05) is 0 Å². The van der Waals surface area contributed by atoms with Gasteiger partial charge in [0.05, 0.1) is 5.56 Å². The van der Waals surface area contributed by atoms with Crippen LogP contribution in [0.1, 0.15) is 152 Å². The van der Waals surface area contributed by atoms with Gasteiger partial charge in [-0.3, -0.25) is 0 Å². The van der Waals surface area contributed by atoms with Crippen molar-refractivity contribution in [1.82, 2.24) is 0 Å². The first-order valence-corrected chi connectivity index (χ1v) is 14.9. The third-order valence-electron chi connectivity index (χ3n) is 8.93. The molecule has 0 heterocycles. The van der Waals surface area contributed by atoms with Crippen LogP contribution in [0.15, 0.2) is 24.3 Å². The van der Waals surface area contributed by atoms with Crippen LogP contribution in [0.3, 0.4) is 0 Å². The quantitative estimate of drug-likeness (QED) is 0.213. The SMILES string of the molecule is CCCCCCCCC1CCC(OC(=O)c2ccc(C3CCC(CC(C)CC)CC3)cc2)CC1. The van der Waals surface area contributed by atoms with E-state index in [1.165, 1.54) is 102 Å². The molecule has 0 N–H and O–H groups in total. The molecule has 2 nitrogen and oxygen atoms in total. The van der Waals surface area contributed by atoms with Crippen LogP contribution in [0.2, 0.25) is 0 Å². The minimum absolute atomic E-state index is 0.119. The standard InChI is InChI=1S/C32H52O2/c1-4-6-7-8-9-10-11-26-14-22-31(23-15-26)34-32(33)30-20-18-29(19-21-30)28-16-12-27(13-17-28)24-25(3)5-2/h18-21,25-28,31H,4-17,22-24H2,1-3H3. The van der Waals surface area contributed by atoms with Gasteiger partial charge in [0.1, 0.15) is 6.10 Å². The summed E-state index contributed by atoms with van der Waals surface area (Å²) in [6.45, 7) is 6.98. The number of hydrogen-bond donors (Lipinski definition) is 0. The second-order valence-electron chi connectivity index (χ2n) is 11.7. The Kier molecular flexibility index (Phi) is 12.0. The number of esters is 1. The third-order valence-corrected chi connectivity index (χ3v) is 8.93. The molecule has 0 amide bonds. The lowest BCUT2D eigenvalue weighted by atomic mass is 9.75. The maximum Gasteiger partial charge on any atom is 0.338 e. The van der Waals surface area contributed by atoms with Gasteiger partial charge in [-0.1, -0.05) is 84.3 Å². The highest BCUT2D eigenvalue weighted by atomic mass is 16.5. The molecule has 1 aromatic carbocycles. The van der Waals surface area contributed by atoms with E-state index in [1.807, 2.05) is 12.1 Å². The number of ether oxygens (including phenoxy) is 1. The highest BCUT2D eigenvalue weighted by molar-refractivity contribution is 5.89. The molecule has 34 heavy (non-hydrogen) atoms. The Morgan fingerprint density at radius 1 is 0.824 bits per heavy atom. The first-order valence-electron chi connectivity index (χ1n) is 14.9. The molecule has 0 saturated heterocycles. The molecule has 2 heteroatoms. The Bertz CT molecular complexity index is 677. The van der Waals surface area contributed by atoms with Crippen LogP contribution in [0.25, 0.3) is 0 Å². The van der Waals surface area contributed by atoms with Crippen molar-refractivity contribution in [2.24, 2.45) is 17.8 Å². The fourth-order valence-corrected chi connectivity index (χ4v) is 6.33. The summed E-state index contributed by atoms with van der Waals surface area (Å²) in [6, 6.07) is 8.39. The van der Waals surface area contributed by atoms with Crippen LogP contribution in [0.5, 0.6) is 0 Å². The molecular formula is C32H52O2. The molecule has 2 saturated carbocycles. The zero-order valence-corrected chi connectivity index (χ0v) is 22.5. The van der Waals surface area contributed by atoms with Crippen LogP contribution >= 0.6 is 0 Å². The second kappa shape index (κ2) is 14.9. The van der Waals surface area contributed by atoms with Crippen LogP contribution in [-0.2, 0) is 4.74 Å². The first kappa shape index (κ1) is 27.3. The summed E-state index contributed by atoms with van der Waals surface area (Å²) in [6.07, 6.45) is 22.3. The van der Waals surface area contributed by atoms with E-state index in [4.69, 9.17) is 4.74 Å². The minimum atomic E-state index is -0.122. The minimum Gasteiger partial charge on any atom is -0.459 e. The van der Waals surface area contributed by atoms with Crippen LogP contribution in [-0.4, -0.2) is 12.1 Å². The summed E-state index contributed by atoms with van der Waals surface area (Å²) in [4.78, 5) is 12.7. The average Bonchev–Trinajstić information content (AvgIpc) is 2.87. The van der Waals surface area contributed by atoms with Gasteiger partial charge >= 0.3 is 5.97 Å². The van der Waals surface area contributed by atoms with Gasteiger partial charge in [0.2, 0.25) is 0 Å². The van der Waals surface area contributed by atoms with Crippen LogP contribution in [0.4, 0.5) is 0 Å². The summed E-state index contributed by atoms with van der Waals surface area (Å²) in [5.74, 6) is 3.17. The van der Waals surface area contributed by atoms with Crippen molar-refractivity contribution in [3.8, 4) is 0 Å². The molecule has 1 unspecified atom stereocenters. The summed E-state index contributed by atoms with van der Waals surface area (Å²) in [7, 11) is 0. The predicted molar refractivity (Wildman–Crippen MR) is 144 cm³/mol. The lowest BCUT2D eigenvalue weighted by Crippen LogP contribution is -2.24. The van der Waals surface area contributed by atoms with Crippen molar-refractivity contribution < 1.29 is 9.53 Å². The van der Waals surface area contributed by atoms with E-state index in [2.05, 4.69) is 32.9 Å². The van der Waals surface area contributed by atoms with Gasteiger partial charge in [-0.05, 0) is 99.2 Å². The van der Waals surface area contributed by atoms with Gasteiger partial charge in [0, 0.05) is 0 Å². The number of unbranched alkanes of at least 4 members (excludes halogenated alkanes) is 5. The number of rotatable bonds is 13. The Labute approximate surface area is 210 Å². The van der Waals surface area contributed by atoms with Gasteiger partial charge < -0.3 is 4.74 Å². The zero-order chi connectivity index (χ0) is 24.2. The molecule has 192 valence electrons. The van der Waals surface area contributed by atoms with Gasteiger partial charge in [0.15, 0.2) is 0 Å². The predicted octanol–water partition coefficient (Wildman–Crippen LogP) is 9.86. The van der Waals surface area contributed by atoms with Crippen molar-refractivity contribution in [3.63, 3.8) is 0 Å². The van der Waals surface area contributed by atoms with E-state index < -0.39 is 0 Å². The Morgan fingerprint density at radius 2 is 1.44 bits per heavy atom. The topological polar surface area (TPSA) is 26.3 Å². The zero-order valence-electron chi connectivity index (χ0n) is 22.5. The van der Waals surface area contributed by atoms with Crippen molar-refractivity contribution in [1.29, 1.82) is 0 Å². The first-order chi connectivity index (χ1) is 16.6. The number of carbonyl (C=O) groups is 1. The summed E-state index contributed by atoms with van der Waals surface area (Å²) < 4.78 is 5.90. The molecule has 1 atom stereocenters. The van der Waals surface area contributed by atoms with E-state index in [-0.39, 0.29) is 12.1 Å². The van der Waals surface area contributed by atoms with Crippen molar-refractivity contribution in [2.45, 2.75) is 142 Å². The summed E-state index contributed by atoms with van der Waals surface area (Å²) in [5.41, 5.74) is 2.14. The Hall–Kier alpha value is -1.31. The smallest absolute Gasteiger partial charge is 0.338 e. The molecule has 0 spiro atoms. The number of carbonyl (C=O) groups excluding carboxylic acids is 1. The van der Waals surface area contributed by atoms with Gasteiger partial charge in [-0.25, -0.2) is 4.79 Å². The number of hydrogen-bond acceptors (Lipinski definition) is 2. The fraction of sp³-hybridized carbons (Fsp3) is 0.781. The molecule has 2 aliphatic carbocycles. The van der Waals surface area contributed by atoms with Gasteiger partial charge in [-0.15, -0.1) is 0 Å². The second-order valence-corrected chi connectivity index (χ2v) is 11.7. The highest BCUT2D eigenvalue weighted by Crippen LogP contribution is 2.38. The molecule has 0 radical (unpaired) electrons. The lowest BCUT2D eigenvalue weighted by molar-refractivity contribution is 0.0161. The van der Waals surface area contributed by atoms with Gasteiger partial charge in [0.25, 0.3) is 0 Å². The van der Waals surface area contributed by atoms with Crippen LogP contribution < -0.4 is 0 Å². The van der Waals surface area contributed by atoms with Crippen molar-refractivity contribution >= 4 is 5.97 Å². The maximum atomic E-state index is 12.7. The van der Waals surface area contributed by atoms with E-state index in [9.17, 15) is 4.79 Å². The van der Waals surface area contributed by atoms with Crippen LogP contribution in [0, 0.1) is 17.8 Å². The van der Waals surface area contributed by atoms with Gasteiger partial charge in [-0.2, -0.15) is 0 Å². The summed E-state index contributed by atoms with van der Waals surface area (Å²) >= 11 is 0. The summed E-state index contributed by atoms with van der Waals surface area (Å²) in [5, 5.41) is 0. The molecule has 1 aromatic rings. The molecule has 0 bridgehead atoms. The lowest BCUT2D eigenvalue weighted by Gasteiger charge is -2.30. The number of benzene rings is 1. The monoisotopic (exact) mass is 468 g/mol. The molecule has 2 aliphatic rings. The Morgan fingerprint density at radius 3 is 2.09 bits per heavy atom.